The zero-order valence-electron chi connectivity index (χ0n) is 10.2. The minimum atomic E-state index is -0.539. The number of rotatable bonds is 5. The van der Waals surface area contributed by atoms with Crippen LogP contribution >= 0.6 is 22.9 Å². The molecule has 2 N–H and O–H groups in total. The van der Waals surface area contributed by atoms with Gasteiger partial charge in [-0.3, -0.25) is 0 Å². The Kier molecular flexibility index (Phi) is 4.40. The van der Waals surface area contributed by atoms with E-state index in [-0.39, 0.29) is 0 Å². The average molecular weight is 287 g/mol. The van der Waals surface area contributed by atoms with Crippen LogP contribution in [0.15, 0.2) is 16.7 Å². The molecule has 0 aliphatic carbocycles. The second-order valence-corrected chi connectivity index (χ2v) is 5.84. The molecule has 1 atom stereocenters. The number of hydrogen-bond acceptors (Lipinski definition) is 5. The van der Waals surface area contributed by atoms with Gasteiger partial charge in [-0.2, -0.15) is 0 Å². The number of aliphatic hydroxyl groups is 1. The third-order valence-corrected chi connectivity index (χ3v) is 4.08. The predicted molar refractivity (Wildman–Crippen MR) is 72.0 cm³/mol. The standard InChI is InChI=1S/C12H15ClN2O2S/c1-7-9(8(2)17-15-7)5-14-6-10(16)11-3-4-12(13)18-11/h3-4,10,14,16H,5-6H2,1-2H3. The van der Waals surface area contributed by atoms with Crippen LogP contribution in [0.1, 0.15) is 28.0 Å². The van der Waals surface area contributed by atoms with Gasteiger partial charge in [-0.25, -0.2) is 0 Å². The number of aliphatic hydroxyl groups excluding tert-OH is 1. The number of thiophene rings is 1. The van der Waals surface area contributed by atoms with E-state index in [1.54, 1.807) is 6.07 Å². The number of halogens is 1. The summed E-state index contributed by atoms with van der Waals surface area (Å²) in [6, 6.07) is 3.63. The third-order valence-electron chi connectivity index (χ3n) is 2.74. The molecule has 98 valence electrons. The van der Waals surface area contributed by atoms with Gasteiger partial charge in [0.2, 0.25) is 0 Å². The van der Waals surface area contributed by atoms with E-state index in [2.05, 4.69) is 10.5 Å². The van der Waals surface area contributed by atoms with Crippen molar-refractivity contribution in [1.82, 2.24) is 10.5 Å². The second kappa shape index (κ2) is 5.84. The fourth-order valence-electron chi connectivity index (χ4n) is 1.70. The summed E-state index contributed by atoms with van der Waals surface area (Å²) in [5, 5.41) is 17.0. The van der Waals surface area contributed by atoms with Gasteiger partial charge in [0, 0.05) is 23.5 Å². The summed E-state index contributed by atoms with van der Waals surface area (Å²) in [4.78, 5) is 0.867. The number of aryl methyl sites for hydroxylation is 2. The second-order valence-electron chi connectivity index (χ2n) is 4.09. The van der Waals surface area contributed by atoms with Gasteiger partial charge >= 0.3 is 0 Å². The molecule has 2 rings (SSSR count). The first kappa shape index (κ1) is 13.5. The Morgan fingerprint density at radius 1 is 1.50 bits per heavy atom. The van der Waals surface area contributed by atoms with E-state index < -0.39 is 6.10 Å². The van der Waals surface area contributed by atoms with Gasteiger partial charge in [0.05, 0.1) is 10.0 Å². The SMILES string of the molecule is Cc1noc(C)c1CNCC(O)c1ccc(Cl)s1. The van der Waals surface area contributed by atoms with Crippen molar-refractivity contribution in [3.05, 3.63) is 38.4 Å². The van der Waals surface area contributed by atoms with Crippen LogP contribution in [0.2, 0.25) is 4.34 Å². The molecule has 1 unspecified atom stereocenters. The molecule has 0 saturated carbocycles. The van der Waals surface area contributed by atoms with Crippen LogP contribution in [0, 0.1) is 13.8 Å². The monoisotopic (exact) mass is 286 g/mol. The predicted octanol–water partition coefficient (Wildman–Crippen LogP) is 2.83. The highest BCUT2D eigenvalue weighted by Gasteiger charge is 2.12. The molecule has 2 aromatic heterocycles. The zero-order valence-corrected chi connectivity index (χ0v) is 11.8. The molecule has 0 aliphatic heterocycles. The number of hydrogen-bond donors (Lipinski definition) is 2. The molecule has 0 bridgehead atoms. The van der Waals surface area contributed by atoms with Gasteiger partial charge in [0.25, 0.3) is 0 Å². The normalized spacial score (nSPS) is 12.9. The fraction of sp³-hybridized carbons (Fsp3) is 0.417. The first-order chi connectivity index (χ1) is 8.58. The molecule has 0 fully saturated rings. The Labute approximate surface area is 115 Å². The quantitative estimate of drug-likeness (QED) is 0.887. The first-order valence-electron chi connectivity index (χ1n) is 5.63. The van der Waals surface area contributed by atoms with Crippen molar-refractivity contribution in [2.75, 3.05) is 6.54 Å². The summed E-state index contributed by atoms with van der Waals surface area (Å²) in [5.41, 5.74) is 1.93. The maximum atomic E-state index is 9.95. The van der Waals surface area contributed by atoms with E-state index >= 15 is 0 Å². The molecule has 2 aromatic rings. The molecule has 18 heavy (non-hydrogen) atoms. The van der Waals surface area contributed by atoms with Crippen LogP contribution in [0.25, 0.3) is 0 Å². The van der Waals surface area contributed by atoms with Crippen molar-refractivity contribution >= 4 is 22.9 Å². The number of nitrogens with zero attached hydrogens (tertiary/aromatic N) is 1. The molecule has 4 nitrogen and oxygen atoms in total. The summed E-state index contributed by atoms with van der Waals surface area (Å²) < 4.78 is 5.76. The van der Waals surface area contributed by atoms with Crippen molar-refractivity contribution in [2.24, 2.45) is 0 Å². The highest BCUT2D eigenvalue weighted by Crippen LogP contribution is 2.26. The summed E-state index contributed by atoms with van der Waals surface area (Å²) in [7, 11) is 0. The van der Waals surface area contributed by atoms with Crippen LogP contribution < -0.4 is 5.32 Å². The Morgan fingerprint density at radius 3 is 2.83 bits per heavy atom. The van der Waals surface area contributed by atoms with Crippen molar-refractivity contribution in [1.29, 1.82) is 0 Å². The topological polar surface area (TPSA) is 58.3 Å². The van der Waals surface area contributed by atoms with Crippen molar-refractivity contribution < 1.29 is 9.63 Å². The van der Waals surface area contributed by atoms with E-state index in [4.69, 9.17) is 16.1 Å². The van der Waals surface area contributed by atoms with Gasteiger partial charge < -0.3 is 14.9 Å². The summed E-state index contributed by atoms with van der Waals surface area (Å²) in [6.07, 6.45) is -0.539. The lowest BCUT2D eigenvalue weighted by atomic mass is 10.2. The molecule has 6 heteroatoms. The van der Waals surface area contributed by atoms with E-state index in [0.717, 1.165) is 21.9 Å². The lowest BCUT2D eigenvalue weighted by Gasteiger charge is -2.09. The lowest BCUT2D eigenvalue weighted by Crippen LogP contribution is -2.21. The molecule has 0 aromatic carbocycles. The lowest BCUT2D eigenvalue weighted by molar-refractivity contribution is 0.178. The molecule has 0 saturated heterocycles. The third kappa shape index (κ3) is 3.11. The maximum Gasteiger partial charge on any atom is 0.138 e. The van der Waals surface area contributed by atoms with Gasteiger partial charge in [-0.15, -0.1) is 11.3 Å². The van der Waals surface area contributed by atoms with Gasteiger partial charge in [0.1, 0.15) is 11.9 Å². The summed E-state index contributed by atoms with van der Waals surface area (Å²) in [5.74, 6) is 0.814. The Bertz CT molecular complexity index is 504. The van der Waals surface area contributed by atoms with Crippen molar-refractivity contribution in [3.8, 4) is 0 Å². The van der Waals surface area contributed by atoms with Gasteiger partial charge in [-0.05, 0) is 26.0 Å². The van der Waals surface area contributed by atoms with E-state index in [0.29, 0.717) is 17.4 Å². The first-order valence-corrected chi connectivity index (χ1v) is 6.83. The van der Waals surface area contributed by atoms with Gasteiger partial charge in [0.15, 0.2) is 0 Å². The van der Waals surface area contributed by atoms with Crippen molar-refractivity contribution in [3.63, 3.8) is 0 Å². The van der Waals surface area contributed by atoms with Crippen LogP contribution in [-0.2, 0) is 6.54 Å². The number of aromatic nitrogens is 1. The number of nitrogens with one attached hydrogen (secondary N) is 1. The molecular weight excluding hydrogens is 272 g/mol. The average Bonchev–Trinajstić information content (AvgIpc) is 2.89. The fourth-order valence-corrected chi connectivity index (χ4v) is 2.74. The molecular formula is C12H15ClN2O2S. The largest absolute Gasteiger partial charge is 0.386 e. The minimum absolute atomic E-state index is 0.473. The highest BCUT2D eigenvalue weighted by molar-refractivity contribution is 7.16. The van der Waals surface area contributed by atoms with E-state index in [9.17, 15) is 5.11 Å². The van der Waals surface area contributed by atoms with Crippen LogP contribution in [-0.4, -0.2) is 16.8 Å². The van der Waals surface area contributed by atoms with Crippen molar-refractivity contribution in [2.45, 2.75) is 26.5 Å². The van der Waals surface area contributed by atoms with Crippen LogP contribution in [0.4, 0.5) is 0 Å². The highest BCUT2D eigenvalue weighted by atomic mass is 35.5. The molecule has 0 radical (unpaired) electrons. The molecule has 0 amide bonds. The van der Waals surface area contributed by atoms with Crippen LogP contribution in [0.5, 0.6) is 0 Å². The zero-order chi connectivity index (χ0) is 13.1. The van der Waals surface area contributed by atoms with E-state index in [1.165, 1.54) is 11.3 Å². The van der Waals surface area contributed by atoms with Crippen LogP contribution in [0.3, 0.4) is 0 Å². The summed E-state index contributed by atoms with van der Waals surface area (Å²) >= 11 is 7.22. The molecule has 2 heterocycles. The van der Waals surface area contributed by atoms with Gasteiger partial charge in [-0.1, -0.05) is 16.8 Å². The Morgan fingerprint density at radius 2 is 2.28 bits per heavy atom. The maximum absolute atomic E-state index is 9.95. The van der Waals surface area contributed by atoms with E-state index in [1.807, 2.05) is 19.9 Å². The molecule has 0 spiro atoms. The Balaban J connectivity index is 1.86. The Hall–Kier alpha value is -0.880. The molecule has 0 aliphatic rings. The summed E-state index contributed by atoms with van der Waals surface area (Å²) in [6.45, 7) is 4.90. The minimum Gasteiger partial charge on any atom is -0.386 e. The smallest absolute Gasteiger partial charge is 0.138 e.